The van der Waals surface area contributed by atoms with Crippen LogP contribution in [-0.2, 0) is 14.3 Å². The molecule has 2 aliphatic carbocycles. The number of hydrogen-bond donors (Lipinski definition) is 0. The van der Waals surface area contributed by atoms with Gasteiger partial charge in [-0.1, -0.05) is 42.5 Å². The Labute approximate surface area is 220 Å². The van der Waals surface area contributed by atoms with Gasteiger partial charge in [0, 0.05) is 11.1 Å². The van der Waals surface area contributed by atoms with Gasteiger partial charge in [0.1, 0.15) is 5.75 Å². The molecule has 3 aromatic carbocycles. The number of esters is 1. The number of rotatable bonds is 7. The van der Waals surface area contributed by atoms with Crippen LogP contribution < -0.4 is 9.64 Å². The van der Waals surface area contributed by atoms with E-state index < -0.39 is 17.9 Å². The van der Waals surface area contributed by atoms with E-state index in [0.717, 1.165) is 19.3 Å². The summed E-state index contributed by atoms with van der Waals surface area (Å²) in [6.45, 7) is 0. The monoisotopic (exact) mass is 509 g/mol. The number of carbonyl (C=O) groups excluding carboxylic acids is 4. The minimum atomic E-state index is -1.22. The van der Waals surface area contributed by atoms with Crippen molar-refractivity contribution in [2.75, 3.05) is 12.0 Å². The molecule has 7 heteroatoms. The zero-order chi connectivity index (χ0) is 26.4. The lowest BCUT2D eigenvalue weighted by atomic mass is 9.81. The van der Waals surface area contributed by atoms with E-state index in [-0.39, 0.29) is 46.7 Å². The maximum atomic E-state index is 13.6. The molecule has 3 aliphatic rings. The van der Waals surface area contributed by atoms with Crippen molar-refractivity contribution < 1.29 is 28.7 Å². The number of imide groups is 1. The highest BCUT2D eigenvalue weighted by atomic mass is 16.5. The smallest absolute Gasteiger partial charge is 0.341 e. The summed E-state index contributed by atoms with van der Waals surface area (Å²) < 4.78 is 11.0. The van der Waals surface area contributed by atoms with Crippen molar-refractivity contribution in [1.82, 2.24) is 0 Å². The first-order chi connectivity index (χ1) is 18.5. The van der Waals surface area contributed by atoms with Crippen LogP contribution in [0.5, 0.6) is 5.75 Å². The van der Waals surface area contributed by atoms with Crippen LogP contribution in [-0.4, -0.2) is 30.7 Å². The van der Waals surface area contributed by atoms with Gasteiger partial charge in [-0.05, 0) is 67.5 Å². The molecule has 38 heavy (non-hydrogen) atoms. The standard InChI is InChI=1S/C31H27NO6/c1-37-22-15-13-18(14-16-22)27(33)28(19-7-3-2-4-8-19)38-31(36)23-9-5-6-10-24(23)32-29(34)25-20-11-12-21(17-20)26(25)30(32)35/h2-10,13-16,20-21,25-26,28H,11-12,17H2,1H3/t20-,21-,25+,26+,28+/m0/s1. The molecule has 2 saturated carbocycles. The third-order valence-corrected chi connectivity index (χ3v) is 8.23. The zero-order valence-corrected chi connectivity index (χ0v) is 20.9. The first-order valence-electron chi connectivity index (χ1n) is 12.9. The highest BCUT2D eigenvalue weighted by molar-refractivity contribution is 6.24. The minimum Gasteiger partial charge on any atom is -0.497 e. The van der Waals surface area contributed by atoms with E-state index >= 15 is 0 Å². The van der Waals surface area contributed by atoms with Gasteiger partial charge in [0.2, 0.25) is 17.6 Å². The summed E-state index contributed by atoms with van der Waals surface area (Å²) in [6.07, 6.45) is 1.64. The van der Waals surface area contributed by atoms with Crippen LogP contribution in [0.1, 0.15) is 51.6 Å². The Hall–Kier alpha value is -4.26. The second kappa shape index (κ2) is 9.56. The fraction of sp³-hybridized carbons (Fsp3) is 0.290. The maximum Gasteiger partial charge on any atom is 0.341 e. The summed E-state index contributed by atoms with van der Waals surface area (Å²) in [6, 6.07) is 21.8. The molecule has 1 saturated heterocycles. The van der Waals surface area contributed by atoms with Crippen LogP contribution in [0.3, 0.4) is 0 Å². The molecule has 0 unspecified atom stereocenters. The number of benzene rings is 3. The predicted octanol–water partition coefficient (Wildman–Crippen LogP) is 5.01. The van der Waals surface area contributed by atoms with Crippen LogP contribution in [0, 0.1) is 23.7 Å². The highest BCUT2D eigenvalue weighted by Gasteiger charge is 2.61. The highest BCUT2D eigenvalue weighted by Crippen LogP contribution is 2.56. The van der Waals surface area contributed by atoms with E-state index in [9.17, 15) is 19.2 Å². The Morgan fingerprint density at radius 2 is 1.42 bits per heavy atom. The van der Waals surface area contributed by atoms with Crippen LogP contribution in [0.2, 0.25) is 0 Å². The van der Waals surface area contributed by atoms with Crippen molar-refractivity contribution in [3.8, 4) is 5.75 Å². The number of nitrogens with zero attached hydrogens (tertiary/aromatic N) is 1. The lowest BCUT2D eigenvalue weighted by Gasteiger charge is -2.22. The molecule has 5 atom stereocenters. The van der Waals surface area contributed by atoms with E-state index in [4.69, 9.17) is 9.47 Å². The molecule has 1 aliphatic heterocycles. The molecule has 192 valence electrons. The van der Waals surface area contributed by atoms with Crippen molar-refractivity contribution >= 4 is 29.3 Å². The van der Waals surface area contributed by atoms with Crippen molar-refractivity contribution in [2.45, 2.75) is 25.4 Å². The Kier molecular flexibility index (Phi) is 6.06. The van der Waals surface area contributed by atoms with Gasteiger partial charge < -0.3 is 9.47 Å². The molecule has 3 aromatic rings. The second-order valence-corrected chi connectivity index (χ2v) is 10.2. The number of Topliss-reactive ketones (excluding diaryl/α,β-unsaturated/α-hetero) is 1. The van der Waals surface area contributed by atoms with Gasteiger partial charge in [0.15, 0.2) is 6.10 Å². The molecule has 6 rings (SSSR count). The molecule has 0 spiro atoms. The summed E-state index contributed by atoms with van der Waals surface area (Å²) in [5.74, 6) is -1.20. The first-order valence-corrected chi connectivity index (χ1v) is 12.9. The lowest BCUT2D eigenvalue weighted by molar-refractivity contribution is -0.123. The Morgan fingerprint density at radius 1 is 0.816 bits per heavy atom. The number of carbonyl (C=O) groups is 4. The summed E-state index contributed by atoms with van der Waals surface area (Å²) in [5, 5.41) is 0. The lowest BCUT2D eigenvalue weighted by Crippen LogP contribution is -2.34. The molecule has 3 fully saturated rings. The first kappa shape index (κ1) is 24.1. The summed E-state index contributed by atoms with van der Waals surface area (Å²) in [7, 11) is 1.54. The SMILES string of the molecule is COc1ccc(C(=O)[C@H](OC(=O)c2ccccc2N2C(=O)[C@@H]3[C@H]4CC[C@@H](C4)[C@H]3C2=O)c2ccccc2)cc1. The topological polar surface area (TPSA) is 90.0 Å². The molecule has 2 amide bonds. The van der Waals surface area contributed by atoms with Gasteiger partial charge in [0.25, 0.3) is 0 Å². The second-order valence-electron chi connectivity index (χ2n) is 10.2. The fourth-order valence-corrected chi connectivity index (χ4v) is 6.47. The van der Waals surface area contributed by atoms with Crippen LogP contribution >= 0.6 is 0 Å². The zero-order valence-electron chi connectivity index (χ0n) is 20.9. The molecular formula is C31H27NO6. The number of anilines is 1. The largest absolute Gasteiger partial charge is 0.497 e. The van der Waals surface area contributed by atoms with E-state index in [0.29, 0.717) is 16.9 Å². The van der Waals surface area contributed by atoms with Crippen LogP contribution in [0.15, 0.2) is 78.9 Å². The molecule has 0 N–H and O–H groups in total. The number of ketones is 1. The summed E-state index contributed by atoms with van der Waals surface area (Å²) >= 11 is 0. The van der Waals surface area contributed by atoms with E-state index in [1.54, 1.807) is 66.7 Å². The third-order valence-electron chi connectivity index (χ3n) is 8.23. The van der Waals surface area contributed by atoms with Crippen molar-refractivity contribution in [2.24, 2.45) is 23.7 Å². The Balaban J connectivity index is 1.32. The van der Waals surface area contributed by atoms with Gasteiger partial charge in [-0.25, -0.2) is 9.69 Å². The quantitative estimate of drug-likeness (QED) is 0.253. The van der Waals surface area contributed by atoms with E-state index in [1.165, 1.54) is 18.1 Å². The van der Waals surface area contributed by atoms with Gasteiger partial charge >= 0.3 is 5.97 Å². The summed E-state index contributed by atoms with van der Waals surface area (Å²) in [4.78, 5) is 55.2. The van der Waals surface area contributed by atoms with Crippen LogP contribution in [0.25, 0.3) is 0 Å². The average Bonchev–Trinajstić information content (AvgIpc) is 3.65. The average molecular weight is 510 g/mol. The van der Waals surface area contributed by atoms with E-state index in [2.05, 4.69) is 0 Å². The van der Waals surface area contributed by atoms with Crippen molar-refractivity contribution in [1.29, 1.82) is 0 Å². The summed E-state index contributed by atoms with van der Waals surface area (Å²) in [5.41, 5.74) is 1.16. The Morgan fingerprint density at radius 3 is 2.05 bits per heavy atom. The number of fused-ring (bicyclic) bond motifs is 5. The molecule has 7 nitrogen and oxygen atoms in total. The number of ether oxygens (including phenoxy) is 2. The molecule has 0 aromatic heterocycles. The van der Waals surface area contributed by atoms with Gasteiger partial charge in [-0.15, -0.1) is 0 Å². The number of amides is 2. The number of methoxy groups -OCH3 is 1. The Bertz CT molecular complexity index is 1390. The number of hydrogen-bond acceptors (Lipinski definition) is 6. The van der Waals surface area contributed by atoms with Gasteiger partial charge in [-0.3, -0.25) is 14.4 Å². The van der Waals surface area contributed by atoms with Crippen molar-refractivity contribution in [3.05, 3.63) is 95.6 Å². The van der Waals surface area contributed by atoms with Gasteiger partial charge in [0.05, 0.1) is 30.2 Å². The van der Waals surface area contributed by atoms with Gasteiger partial charge in [-0.2, -0.15) is 0 Å². The molecule has 0 radical (unpaired) electrons. The fourth-order valence-electron chi connectivity index (χ4n) is 6.47. The molecular weight excluding hydrogens is 482 g/mol. The molecule has 2 bridgehead atoms. The van der Waals surface area contributed by atoms with Crippen molar-refractivity contribution in [3.63, 3.8) is 0 Å². The molecule has 1 heterocycles. The number of para-hydroxylation sites is 1. The third kappa shape index (κ3) is 3.90. The van der Waals surface area contributed by atoms with Crippen LogP contribution in [0.4, 0.5) is 5.69 Å². The minimum absolute atomic E-state index is 0.0741. The normalized spacial score (nSPS) is 24.3. The predicted molar refractivity (Wildman–Crippen MR) is 139 cm³/mol. The maximum absolute atomic E-state index is 13.6. The van der Waals surface area contributed by atoms with E-state index in [1.807, 2.05) is 6.07 Å².